The lowest BCUT2D eigenvalue weighted by molar-refractivity contribution is -0.126. The number of anilines is 1. The molecule has 1 aromatic rings. The molecule has 1 aliphatic rings. The molecule has 1 N–H and O–H groups in total. The van der Waals surface area contributed by atoms with Gasteiger partial charge in [-0.15, -0.1) is 0 Å². The molecule has 0 bridgehead atoms. The van der Waals surface area contributed by atoms with E-state index in [-0.39, 0.29) is 0 Å². The fourth-order valence-corrected chi connectivity index (χ4v) is 1.68. The van der Waals surface area contributed by atoms with Gasteiger partial charge in [-0.05, 0) is 37.6 Å². The number of nitrogens with zero attached hydrogens (tertiary/aromatic N) is 1. The molecule has 0 radical (unpaired) electrons. The topological polar surface area (TPSA) is 40.5 Å². The molecule has 3 nitrogen and oxygen atoms in total. The van der Waals surface area contributed by atoms with Gasteiger partial charge in [0.25, 0.3) is 5.91 Å². The van der Waals surface area contributed by atoms with Gasteiger partial charge in [0.05, 0.1) is 11.1 Å². The monoisotopic (exact) mass is 195 g/mol. The standard InChI is InChI=1S/C10H10FNO2/c1-10(2)7-5-6(11)3-4-8(7)12(14)9(10)13/h3-5,14H,1-2H3. The van der Waals surface area contributed by atoms with E-state index >= 15 is 0 Å². The Balaban J connectivity index is 2.69. The smallest absolute Gasteiger partial charge is 0.260 e. The van der Waals surface area contributed by atoms with Crippen LogP contribution in [0, 0.1) is 5.82 Å². The zero-order chi connectivity index (χ0) is 10.5. The number of hydroxylamine groups is 1. The molecule has 0 saturated carbocycles. The normalized spacial score (nSPS) is 18.6. The second kappa shape index (κ2) is 2.54. The minimum atomic E-state index is -0.855. The Morgan fingerprint density at radius 2 is 2.07 bits per heavy atom. The van der Waals surface area contributed by atoms with Crippen LogP contribution in [-0.2, 0) is 10.2 Å². The van der Waals surface area contributed by atoms with Gasteiger partial charge < -0.3 is 0 Å². The van der Waals surface area contributed by atoms with Crippen LogP contribution < -0.4 is 5.06 Å². The Morgan fingerprint density at radius 1 is 1.43 bits per heavy atom. The number of hydrogen-bond donors (Lipinski definition) is 1. The molecule has 0 spiro atoms. The van der Waals surface area contributed by atoms with Crippen LogP contribution in [0.4, 0.5) is 10.1 Å². The van der Waals surface area contributed by atoms with Crippen LogP contribution in [0.25, 0.3) is 0 Å². The van der Waals surface area contributed by atoms with Crippen molar-refractivity contribution >= 4 is 11.6 Å². The molecule has 0 aromatic heterocycles. The highest BCUT2D eigenvalue weighted by atomic mass is 19.1. The van der Waals surface area contributed by atoms with E-state index in [2.05, 4.69) is 0 Å². The van der Waals surface area contributed by atoms with E-state index in [1.165, 1.54) is 18.2 Å². The summed E-state index contributed by atoms with van der Waals surface area (Å²) in [7, 11) is 0. The second-order valence-corrected chi connectivity index (χ2v) is 3.90. The van der Waals surface area contributed by atoms with Gasteiger partial charge in [0.15, 0.2) is 0 Å². The Hall–Kier alpha value is -1.42. The van der Waals surface area contributed by atoms with Crippen molar-refractivity contribution in [3.8, 4) is 0 Å². The van der Waals surface area contributed by atoms with Crippen molar-refractivity contribution in [1.29, 1.82) is 0 Å². The highest BCUT2D eigenvalue weighted by molar-refractivity contribution is 6.05. The van der Waals surface area contributed by atoms with Gasteiger partial charge >= 0.3 is 0 Å². The van der Waals surface area contributed by atoms with Crippen molar-refractivity contribution < 1.29 is 14.4 Å². The van der Waals surface area contributed by atoms with Crippen LogP contribution in [0.1, 0.15) is 19.4 Å². The van der Waals surface area contributed by atoms with Crippen LogP contribution in [0.5, 0.6) is 0 Å². The molecule has 0 fully saturated rings. The van der Waals surface area contributed by atoms with E-state index in [1.807, 2.05) is 0 Å². The van der Waals surface area contributed by atoms with E-state index in [9.17, 15) is 14.4 Å². The molecule has 0 saturated heterocycles. The Morgan fingerprint density at radius 3 is 2.71 bits per heavy atom. The minimum absolute atomic E-state index is 0.362. The van der Waals surface area contributed by atoms with Crippen molar-refractivity contribution in [3.63, 3.8) is 0 Å². The minimum Gasteiger partial charge on any atom is -0.281 e. The van der Waals surface area contributed by atoms with Crippen molar-refractivity contribution in [2.45, 2.75) is 19.3 Å². The molecule has 1 aromatic carbocycles. The molecule has 74 valence electrons. The third-order valence-electron chi connectivity index (χ3n) is 2.59. The van der Waals surface area contributed by atoms with Crippen LogP contribution in [0.2, 0.25) is 0 Å². The molecule has 1 heterocycles. The molecule has 1 amide bonds. The summed E-state index contributed by atoms with van der Waals surface area (Å²) in [6, 6.07) is 3.90. The summed E-state index contributed by atoms with van der Waals surface area (Å²) in [5.74, 6) is -0.835. The number of rotatable bonds is 0. The van der Waals surface area contributed by atoms with Gasteiger partial charge in [-0.1, -0.05) is 0 Å². The second-order valence-electron chi connectivity index (χ2n) is 3.90. The molecule has 1 aliphatic heterocycles. The summed E-state index contributed by atoms with van der Waals surface area (Å²) in [6.07, 6.45) is 0. The van der Waals surface area contributed by atoms with Gasteiger partial charge in [-0.3, -0.25) is 10.0 Å². The molecular weight excluding hydrogens is 185 g/mol. The lowest BCUT2D eigenvalue weighted by Crippen LogP contribution is -2.33. The number of fused-ring (bicyclic) bond motifs is 1. The molecule has 4 heteroatoms. The Labute approximate surface area is 80.7 Å². The molecule has 2 rings (SSSR count). The SMILES string of the molecule is CC1(C)C(=O)N(O)c2ccc(F)cc21. The van der Waals surface area contributed by atoms with Crippen molar-refractivity contribution in [2.75, 3.05) is 5.06 Å². The fraction of sp³-hybridized carbons (Fsp3) is 0.300. The van der Waals surface area contributed by atoms with E-state index in [1.54, 1.807) is 13.8 Å². The first-order chi connectivity index (χ1) is 6.44. The van der Waals surface area contributed by atoms with Gasteiger partial charge in [0.2, 0.25) is 0 Å². The third kappa shape index (κ3) is 0.974. The zero-order valence-electron chi connectivity index (χ0n) is 7.91. The number of amides is 1. The van der Waals surface area contributed by atoms with Gasteiger partial charge in [0.1, 0.15) is 5.82 Å². The maximum absolute atomic E-state index is 12.9. The van der Waals surface area contributed by atoms with Crippen molar-refractivity contribution in [2.24, 2.45) is 0 Å². The highest BCUT2D eigenvalue weighted by Crippen LogP contribution is 2.40. The Bertz CT molecular complexity index is 415. The van der Waals surface area contributed by atoms with Crippen molar-refractivity contribution in [1.82, 2.24) is 0 Å². The van der Waals surface area contributed by atoms with Crippen LogP contribution >= 0.6 is 0 Å². The highest BCUT2D eigenvalue weighted by Gasteiger charge is 2.43. The van der Waals surface area contributed by atoms with E-state index in [4.69, 9.17) is 0 Å². The number of carbonyl (C=O) groups excluding carboxylic acids is 1. The number of halogens is 1. The summed E-state index contributed by atoms with van der Waals surface area (Å²) in [6.45, 7) is 3.31. The van der Waals surface area contributed by atoms with E-state index < -0.39 is 17.1 Å². The summed E-state index contributed by atoms with van der Waals surface area (Å²) >= 11 is 0. The number of benzene rings is 1. The fourth-order valence-electron chi connectivity index (χ4n) is 1.68. The van der Waals surface area contributed by atoms with E-state index in [0.717, 1.165) is 0 Å². The quantitative estimate of drug-likeness (QED) is 0.641. The number of carbonyl (C=O) groups is 1. The van der Waals surface area contributed by atoms with Crippen LogP contribution in [-0.4, -0.2) is 11.1 Å². The molecule has 0 unspecified atom stereocenters. The van der Waals surface area contributed by atoms with Crippen molar-refractivity contribution in [3.05, 3.63) is 29.6 Å². The molecule has 14 heavy (non-hydrogen) atoms. The lowest BCUT2D eigenvalue weighted by Gasteiger charge is -2.15. The third-order valence-corrected chi connectivity index (χ3v) is 2.59. The first-order valence-corrected chi connectivity index (χ1v) is 4.28. The first-order valence-electron chi connectivity index (χ1n) is 4.28. The van der Waals surface area contributed by atoms with Gasteiger partial charge in [0, 0.05) is 0 Å². The largest absolute Gasteiger partial charge is 0.281 e. The first kappa shape index (κ1) is 9.15. The Kier molecular flexibility index (Phi) is 1.66. The lowest BCUT2D eigenvalue weighted by atomic mass is 9.86. The maximum atomic E-state index is 12.9. The van der Waals surface area contributed by atoms with Gasteiger partial charge in [-0.2, -0.15) is 5.06 Å². The van der Waals surface area contributed by atoms with Crippen LogP contribution in [0.15, 0.2) is 18.2 Å². The van der Waals surface area contributed by atoms with E-state index in [0.29, 0.717) is 16.3 Å². The molecular formula is C10H10FNO2. The number of hydrogen-bond acceptors (Lipinski definition) is 2. The average Bonchev–Trinajstić information content (AvgIpc) is 2.29. The molecule has 0 aliphatic carbocycles. The summed E-state index contributed by atoms with van der Waals surface area (Å²) in [5.41, 5.74) is 0.0259. The van der Waals surface area contributed by atoms with Crippen LogP contribution in [0.3, 0.4) is 0 Å². The molecule has 0 atom stereocenters. The summed E-state index contributed by atoms with van der Waals surface area (Å²) in [5, 5.41) is 10.0. The predicted octanol–water partition coefficient (Wildman–Crippen LogP) is 1.84. The van der Waals surface area contributed by atoms with Gasteiger partial charge in [-0.25, -0.2) is 4.39 Å². The summed E-state index contributed by atoms with van der Waals surface area (Å²) < 4.78 is 12.9. The average molecular weight is 195 g/mol. The predicted molar refractivity (Wildman–Crippen MR) is 48.7 cm³/mol. The maximum Gasteiger partial charge on any atom is 0.260 e. The zero-order valence-corrected chi connectivity index (χ0v) is 7.91. The summed E-state index contributed by atoms with van der Waals surface area (Å²) in [4.78, 5) is 11.5.